The number of carboxylic acid groups (broad SMARTS) is 1. The van der Waals surface area contributed by atoms with Gasteiger partial charge in [-0.2, -0.15) is 0 Å². The summed E-state index contributed by atoms with van der Waals surface area (Å²) >= 11 is 0. The van der Waals surface area contributed by atoms with E-state index in [0.717, 1.165) is 12.3 Å². The molecule has 0 saturated heterocycles. The fourth-order valence-corrected chi connectivity index (χ4v) is 5.87. The highest BCUT2D eigenvalue weighted by atomic mass is 16.4. The van der Waals surface area contributed by atoms with Gasteiger partial charge in [-0.05, 0) is 61.7 Å². The van der Waals surface area contributed by atoms with Gasteiger partial charge in [-0.1, -0.05) is 26.7 Å². The van der Waals surface area contributed by atoms with E-state index in [0.29, 0.717) is 18.3 Å². The van der Waals surface area contributed by atoms with E-state index >= 15 is 0 Å². The van der Waals surface area contributed by atoms with Crippen LogP contribution in [0.5, 0.6) is 0 Å². The number of hydrogen-bond donors (Lipinski definition) is 1. The summed E-state index contributed by atoms with van der Waals surface area (Å²) in [5.41, 5.74) is -0.899. The average Bonchev–Trinajstić information content (AvgIpc) is 2.44. The molecule has 3 rings (SSSR count). The molecule has 6 atom stereocenters. The Morgan fingerprint density at radius 3 is 2.57 bits per heavy atom. The monoisotopic (exact) mass is 292 g/mol. The lowest BCUT2D eigenvalue weighted by molar-refractivity contribution is -0.172. The number of aliphatic carboxylic acids is 1. The summed E-state index contributed by atoms with van der Waals surface area (Å²) < 4.78 is 0. The van der Waals surface area contributed by atoms with Gasteiger partial charge in [0.25, 0.3) is 0 Å². The summed E-state index contributed by atoms with van der Waals surface area (Å²) in [5, 5.41) is 9.60. The van der Waals surface area contributed by atoms with Crippen LogP contribution < -0.4 is 0 Å². The van der Waals surface area contributed by atoms with E-state index < -0.39 is 11.4 Å². The van der Waals surface area contributed by atoms with Gasteiger partial charge in [0.1, 0.15) is 11.2 Å². The largest absolute Gasteiger partial charge is 0.480 e. The Balaban J connectivity index is 1.95. The topological polar surface area (TPSA) is 54.4 Å². The van der Waals surface area contributed by atoms with Crippen molar-refractivity contribution in [2.24, 2.45) is 34.5 Å². The third-order valence-electron chi connectivity index (χ3n) is 7.64. The highest BCUT2D eigenvalue weighted by molar-refractivity contribution is 6.03. The molecule has 3 heteroatoms. The zero-order valence-corrected chi connectivity index (χ0v) is 13.5. The van der Waals surface area contributed by atoms with Crippen molar-refractivity contribution in [3.8, 4) is 0 Å². The molecule has 0 aromatic heterocycles. The zero-order valence-electron chi connectivity index (χ0n) is 13.5. The summed E-state index contributed by atoms with van der Waals surface area (Å²) in [6.45, 7) is 6.06. The van der Waals surface area contributed by atoms with Gasteiger partial charge in [-0.15, -0.1) is 0 Å². The summed E-state index contributed by atoms with van der Waals surface area (Å²) in [5.74, 6) is 0.572. The standard InChI is InChI=1S/C18H28O3/c1-11-13-8-7-12-6-4-5-9-17(12,2)14(13)10-15(19)18(11,3)16(20)21/h11-14H,4-10H2,1-3H3,(H,20,21). The Kier molecular flexibility index (Phi) is 3.46. The number of Topliss-reactive ketones (excluding diaryl/α,β-unsaturated/α-hetero) is 1. The molecule has 21 heavy (non-hydrogen) atoms. The van der Waals surface area contributed by atoms with Gasteiger partial charge in [-0.3, -0.25) is 9.59 Å². The van der Waals surface area contributed by atoms with Gasteiger partial charge in [0.2, 0.25) is 0 Å². The highest BCUT2D eigenvalue weighted by Crippen LogP contribution is 2.62. The third-order valence-corrected chi connectivity index (χ3v) is 7.64. The number of carbonyl (C=O) groups is 2. The van der Waals surface area contributed by atoms with Gasteiger partial charge in [0.15, 0.2) is 0 Å². The first-order chi connectivity index (χ1) is 9.81. The van der Waals surface area contributed by atoms with Crippen molar-refractivity contribution in [1.29, 1.82) is 0 Å². The van der Waals surface area contributed by atoms with Gasteiger partial charge >= 0.3 is 5.97 Å². The highest BCUT2D eigenvalue weighted by Gasteiger charge is 2.60. The lowest BCUT2D eigenvalue weighted by Gasteiger charge is -2.59. The Bertz CT molecular complexity index is 471. The van der Waals surface area contributed by atoms with Crippen LogP contribution in [0.15, 0.2) is 0 Å². The van der Waals surface area contributed by atoms with Crippen LogP contribution in [0.25, 0.3) is 0 Å². The second kappa shape index (κ2) is 4.82. The smallest absolute Gasteiger partial charge is 0.317 e. The molecule has 3 aliphatic rings. The first kappa shape index (κ1) is 15.1. The van der Waals surface area contributed by atoms with Gasteiger partial charge in [-0.25, -0.2) is 0 Å². The molecule has 3 fully saturated rings. The van der Waals surface area contributed by atoms with Crippen LogP contribution in [0.3, 0.4) is 0 Å². The number of rotatable bonds is 1. The molecule has 118 valence electrons. The van der Waals surface area contributed by atoms with Crippen LogP contribution >= 0.6 is 0 Å². The first-order valence-electron chi connectivity index (χ1n) is 8.58. The summed E-state index contributed by atoms with van der Waals surface area (Å²) in [7, 11) is 0. The normalized spacial score (nSPS) is 50.1. The summed E-state index contributed by atoms with van der Waals surface area (Å²) in [6, 6.07) is 0. The molecule has 3 aliphatic carbocycles. The van der Waals surface area contributed by atoms with Crippen molar-refractivity contribution in [3.05, 3.63) is 0 Å². The Hall–Kier alpha value is -0.860. The second-order valence-electron chi connectivity index (χ2n) is 8.22. The minimum Gasteiger partial charge on any atom is -0.480 e. The first-order valence-corrected chi connectivity index (χ1v) is 8.58. The van der Waals surface area contributed by atoms with E-state index in [1.54, 1.807) is 6.92 Å². The number of carbonyl (C=O) groups excluding carboxylic acids is 1. The van der Waals surface area contributed by atoms with Crippen molar-refractivity contribution in [2.45, 2.75) is 65.7 Å². The van der Waals surface area contributed by atoms with Crippen molar-refractivity contribution in [1.82, 2.24) is 0 Å². The molecule has 6 unspecified atom stereocenters. The Morgan fingerprint density at radius 2 is 1.90 bits per heavy atom. The van der Waals surface area contributed by atoms with Gasteiger partial charge < -0.3 is 5.11 Å². The summed E-state index contributed by atoms with van der Waals surface area (Å²) in [6.07, 6.45) is 7.96. The van der Waals surface area contributed by atoms with E-state index in [-0.39, 0.29) is 17.1 Å². The number of carboxylic acids is 1. The molecule has 0 aromatic rings. The fourth-order valence-electron chi connectivity index (χ4n) is 5.87. The molecular formula is C18H28O3. The van der Waals surface area contributed by atoms with Gasteiger partial charge in [0.05, 0.1) is 0 Å². The molecule has 0 spiro atoms. The maximum atomic E-state index is 12.7. The van der Waals surface area contributed by atoms with Gasteiger partial charge in [0, 0.05) is 6.42 Å². The minimum atomic E-state index is -1.17. The van der Waals surface area contributed by atoms with Crippen LogP contribution in [0.2, 0.25) is 0 Å². The lowest BCUT2D eigenvalue weighted by Crippen LogP contribution is -2.58. The van der Waals surface area contributed by atoms with Crippen molar-refractivity contribution in [2.75, 3.05) is 0 Å². The molecule has 0 bridgehead atoms. The third kappa shape index (κ3) is 1.92. The van der Waals surface area contributed by atoms with E-state index in [1.165, 1.54) is 32.1 Å². The predicted octanol–water partition coefficient (Wildman–Crippen LogP) is 3.91. The molecule has 3 saturated carbocycles. The SMILES string of the molecule is CC1C2CCC3CCCCC3(C)C2CC(=O)C1(C)C(=O)O. The van der Waals surface area contributed by atoms with E-state index in [1.807, 2.05) is 6.92 Å². The molecule has 3 nitrogen and oxygen atoms in total. The fraction of sp³-hybridized carbons (Fsp3) is 0.889. The number of fused-ring (bicyclic) bond motifs is 3. The summed E-state index contributed by atoms with van der Waals surface area (Å²) in [4.78, 5) is 24.4. The predicted molar refractivity (Wildman–Crippen MR) is 80.8 cm³/mol. The van der Waals surface area contributed by atoms with Crippen LogP contribution in [0, 0.1) is 34.5 Å². The van der Waals surface area contributed by atoms with E-state index in [2.05, 4.69) is 6.92 Å². The number of hydrogen-bond acceptors (Lipinski definition) is 2. The van der Waals surface area contributed by atoms with Crippen molar-refractivity contribution >= 4 is 11.8 Å². The van der Waals surface area contributed by atoms with E-state index in [9.17, 15) is 14.7 Å². The Morgan fingerprint density at radius 1 is 1.19 bits per heavy atom. The molecular weight excluding hydrogens is 264 g/mol. The molecule has 0 amide bonds. The second-order valence-corrected chi connectivity index (χ2v) is 8.22. The zero-order chi connectivity index (χ0) is 15.4. The molecule has 0 radical (unpaired) electrons. The molecule has 0 aromatic carbocycles. The molecule has 0 heterocycles. The van der Waals surface area contributed by atoms with Crippen LogP contribution in [0.1, 0.15) is 65.7 Å². The molecule has 1 N–H and O–H groups in total. The quantitative estimate of drug-likeness (QED) is 0.745. The maximum Gasteiger partial charge on any atom is 0.317 e. The van der Waals surface area contributed by atoms with E-state index in [4.69, 9.17) is 0 Å². The van der Waals surface area contributed by atoms with Crippen molar-refractivity contribution in [3.63, 3.8) is 0 Å². The minimum absolute atomic E-state index is 0.0313. The molecule has 0 aliphatic heterocycles. The van der Waals surface area contributed by atoms with Crippen molar-refractivity contribution < 1.29 is 14.7 Å². The maximum absolute atomic E-state index is 12.7. The average molecular weight is 292 g/mol. The van der Waals surface area contributed by atoms with Crippen LogP contribution in [0.4, 0.5) is 0 Å². The lowest BCUT2D eigenvalue weighted by atomic mass is 9.45. The van der Waals surface area contributed by atoms with Crippen LogP contribution in [-0.4, -0.2) is 16.9 Å². The Labute approximate surface area is 127 Å². The van der Waals surface area contributed by atoms with Crippen LogP contribution in [-0.2, 0) is 9.59 Å². The number of ketones is 1.